The van der Waals surface area contributed by atoms with Crippen molar-refractivity contribution in [2.75, 3.05) is 33.7 Å². The van der Waals surface area contributed by atoms with Crippen LogP contribution in [0.15, 0.2) is 29.2 Å². The number of nitrogens with one attached hydrogen (secondary N) is 1. The van der Waals surface area contributed by atoms with E-state index in [1.807, 2.05) is 12.1 Å². The van der Waals surface area contributed by atoms with E-state index in [2.05, 4.69) is 9.88 Å². The number of carbonyl (C=O) groups excluding carboxylic acids is 1. The molecule has 7 heteroatoms. The monoisotopic (exact) mass is 363 g/mol. The van der Waals surface area contributed by atoms with Gasteiger partial charge in [0.05, 0.1) is 11.6 Å². The summed E-state index contributed by atoms with van der Waals surface area (Å²) in [7, 11) is 3.54. The Morgan fingerprint density at radius 1 is 1.36 bits per heavy atom. The Kier molecular flexibility index (Phi) is 5.30. The van der Waals surface area contributed by atoms with E-state index in [1.54, 1.807) is 31.3 Å². The van der Waals surface area contributed by atoms with Gasteiger partial charge in [0.15, 0.2) is 0 Å². The lowest BCUT2D eigenvalue weighted by molar-refractivity contribution is -0.130. The SMILES string of the molecule is CN(C)C(=O)CN1CCC(Oc2cc3cc[nH]c(=O)c3cc2Cl)CC1. The number of halogens is 1. The lowest BCUT2D eigenvalue weighted by atomic mass is 10.1. The number of H-pyrrole nitrogens is 1. The number of amides is 1. The molecule has 0 unspecified atom stereocenters. The fourth-order valence-corrected chi connectivity index (χ4v) is 3.18. The number of likely N-dealkylation sites (N-methyl/N-ethyl adjacent to an activating group) is 1. The summed E-state index contributed by atoms with van der Waals surface area (Å²) in [4.78, 5) is 30.0. The molecule has 0 saturated carbocycles. The Bertz CT molecular complexity index is 826. The number of piperidine rings is 1. The maximum Gasteiger partial charge on any atom is 0.255 e. The van der Waals surface area contributed by atoms with Crippen molar-refractivity contribution in [3.05, 3.63) is 39.8 Å². The van der Waals surface area contributed by atoms with Crippen molar-refractivity contribution in [3.8, 4) is 5.75 Å². The summed E-state index contributed by atoms with van der Waals surface area (Å²) in [5.74, 6) is 0.713. The topological polar surface area (TPSA) is 65.6 Å². The molecule has 0 bridgehead atoms. The number of nitrogens with zero attached hydrogens (tertiary/aromatic N) is 2. The summed E-state index contributed by atoms with van der Waals surface area (Å²) in [5.41, 5.74) is -0.162. The number of carbonyl (C=O) groups is 1. The molecule has 1 fully saturated rings. The van der Waals surface area contributed by atoms with Crippen molar-refractivity contribution >= 4 is 28.3 Å². The maximum atomic E-state index is 11.8. The molecule has 0 radical (unpaired) electrons. The van der Waals surface area contributed by atoms with Gasteiger partial charge in [0.1, 0.15) is 11.9 Å². The molecule has 1 amide bonds. The highest BCUT2D eigenvalue weighted by molar-refractivity contribution is 6.32. The number of ether oxygens (including phenoxy) is 1. The molecule has 25 heavy (non-hydrogen) atoms. The molecule has 1 aromatic heterocycles. The number of benzene rings is 1. The first-order valence-corrected chi connectivity index (χ1v) is 8.72. The molecule has 1 aliphatic rings. The number of aromatic nitrogens is 1. The third-order valence-electron chi connectivity index (χ3n) is 4.51. The summed E-state index contributed by atoms with van der Waals surface area (Å²) in [6.07, 6.45) is 3.35. The molecule has 134 valence electrons. The molecule has 1 aromatic carbocycles. The standard InChI is InChI=1S/C18H22ClN3O3/c1-21(2)17(23)11-22-7-4-13(5-8-22)25-16-9-12-3-6-20-18(24)14(12)10-15(16)19/h3,6,9-10,13H,4-5,7-8,11H2,1-2H3,(H,20,24). The van der Waals surface area contributed by atoms with Crippen LogP contribution < -0.4 is 10.3 Å². The summed E-state index contributed by atoms with van der Waals surface area (Å²) in [6.45, 7) is 2.07. The van der Waals surface area contributed by atoms with Crippen LogP contribution >= 0.6 is 11.6 Å². The van der Waals surface area contributed by atoms with E-state index in [-0.39, 0.29) is 17.6 Å². The molecular formula is C18H22ClN3O3. The summed E-state index contributed by atoms with van der Waals surface area (Å²) < 4.78 is 6.07. The van der Waals surface area contributed by atoms with Crippen LogP contribution in [0, 0.1) is 0 Å². The lowest BCUT2D eigenvalue weighted by Gasteiger charge is -2.32. The average Bonchev–Trinajstić information content (AvgIpc) is 2.58. The second-order valence-electron chi connectivity index (χ2n) is 6.56. The summed E-state index contributed by atoms with van der Waals surface area (Å²) in [5, 5.41) is 1.79. The molecule has 0 spiro atoms. The van der Waals surface area contributed by atoms with Gasteiger partial charge in [-0.15, -0.1) is 0 Å². The van der Waals surface area contributed by atoms with E-state index in [4.69, 9.17) is 16.3 Å². The van der Waals surface area contributed by atoms with Crippen molar-refractivity contribution in [1.82, 2.24) is 14.8 Å². The minimum atomic E-state index is -0.162. The zero-order chi connectivity index (χ0) is 18.0. The molecule has 2 aromatic rings. The minimum Gasteiger partial charge on any atom is -0.489 e. The van der Waals surface area contributed by atoms with Gasteiger partial charge in [0.25, 0.3) is 5.56 Å². The fraction of sp³-hybridized carbons (Fsp3) is 0.444. The third kappa shape index (κ3) is 4.14. The van der Waals surface area contributed by atoms with E-state index < -0.39 is 0 Å². The van der Waals surface area contributed by atoms with Crippen LogP contribution in [-0.2, 0) is 4.79 Å². The van der Waals surface area contributed by atoms with Crippen LogP contribution in [0.25, 0.3) is 10.8 Å². The normalized spacial score (nSPS) is 16.1. The largest absolute Gasteiger partial charge is 0.489 e. The molecule has 1 saturated heterocycles. The van der Waals surface area contributed by atoms with E-state index >= 15 is 0 Å². The molecule has 2 heterocycles. The molecule has 3 rings (SSSR count). The molecular weight excluding hydrogens is 342 g/mol. The summed E-state index contributed by atoms with van der Waals surface area (Å²) >= 11 is 6.29. The lowest BCUT2D eigenvalue weighted by Crippen LogP contribution is -2.43. The summed E-state index contributed by atoms with van der Waals surface area (Å²) in [6, 6.07) is 5.29. The predicted molar refractivity (Wildman–Crippen MR) is 98.4 cm³/mol. The van der Waals surface area contributed by atoms with Crippen LogP contribution in [-0.4, -0.2) is 60.5 Å². The number of aromatic amines is 1. The van der Waals surface area contributed by atoms with Gasteiger partial charge in [-0.2, -0.15) is 0 Å². The van der Waals surface area contributed by atoms with Gasteiger partial charge in [-0.05, 0) is 36.4 Å². The van der Waals surface area contributed by atoms with E-state index in [0.29, 0.717) is 22.7 Å². The second-order valence-corrected chi connectivity index (χ2v) is 6.97. The highest BCUT2D eigenvalue weighted by Gasteiger charge is 2.23. The zero-order valence-corrected chi connectivity index (χ0v) is 15.2. The van der Waals surface area contributed by atoms with E-state index in [9.17, 15) is 9.59 Å². The van der Waals surface area contributed by atoms with Crippen molar-refractivity contribution in [2.45, 2.75) is 18.9 Å². The van der Waals surface area contributed by atoms with E-state index in [1.165, 1.54) is 0 Å². The van der Waals surface area contributed by atoms with E-state index in [0.717, 1.165) is 31.3 Å². The molecule has 1 N–H and O–H groups in total. The van der Waals surface area contributed by atoms with Gasteiger partial charge < -0.3 is 14.6 Å². The van der Waals surface area contributed by atoms with Crippen molar-refractivity contribution in [1.29, 1.82) is 0 Å². The second kappa shape index (κ2) is 7.45. The smallest absolute Gasteiger partial charge is 0.255 e. The quantitative estimate of drug-likeness (QED) is 0.903. The Morgan fingerprint density at radius 2 is 2.08 bits per heavy atom. The van der Waals surface area contributed by atoms with Crippen LogP contribution in [0.4, 0.5) is 0 Å². The van der Waals surface area contributed by atoms with Crippen molar-refractivity contribution < 1.29 is 9.53 Å². The van der Waals surface area contributed by atoms with Crippen LogP contribution in [0.2, 0.25) is 5.02 Å². The first-order chi connectivity index (χ1) is 11.9. The number of rotatable bonds is 4. The van der Waals surface area contributed by atoms with Gasteiger partial charge in [0.2, 0.25) is 5.91 Å². The Balaban J connectivity index is 1.64. The highest BCUT2D eigenvalue weighted by Crippen LogP contribution is 2.30. The first kappa shape index (κ1) is 17.8. The van der Waals surface area contributed by atoms with Crippen molar-refractivity contribution in [3.63, 3.8) is 0 Å². The van der Waals surface area contributed by atoms with Crippen molar-refractivity contribution in [2.24, 2.45) is 0 Å². The predicted octanol–water partition coefficient (Wildman–Crippen LogP) is 2.11. The number of hydrogen-bond acceptors (Lipinski definition) is 4. The molecule has 0 atom stereocenters. The molecule has 0 aliphatic carbocycles. The van der Waals surface area contributed by atoms with Gasteiger partial charge in [-0.1, -0.05) is 11.6 Å². The van der Waals surface area contributed by atoms with Gasteiger partial charge in [-0.25, -0.2) is 0 Å². The Hall–Kier alpha value is -2.05. The fourth-order valence-electron chi connectivity index (χ4n) is 2.98. The van der Waals surface area contributed by atoms with Crippen LogP contribution in [0.3, 0.4) is 0 Å². The molecule has 6 nitrogen and oxygen atoms in total. The first-order valence-electron chi connectivity index (χ1n) is 8.34. The number of pyridine rings is 1. The Morgan fingerprint density at radius 3 is 2.76 bits per heavy atom. The van der Waals surface area contributed by atoms with Crippen LogP contribution in [0.1, 0.15) is 12.8 Å². The van der Waals surface area contributed by atoms with Gasteiger partial charge in [0, 0.05) is 38.8 Å². The van der Waals surface area contributed by atoms with Crippen LogP contribution in [0.5, 0.6) is 5.75 Å². The minimum absolute atomic E-state index is 0.0580. The van der Waals surface area contributed by atoms with Gasteiger partial charge >= 0.3 is 0 Å². The highest BCUT2D eigenvalue weighted by atomic mass is 35.5. The Labute approximate surface area is 151 Å². The molecule has 1 aliphatic heterocycles. The third-order valence-corrected chi connectivity index (χ3v) is 4.81. The number of hydrogen-bond donors (Lipinski definition) is 1. The zero-order valence-electron chi connectivity index (χ0n) is 14.4. The van der Waals surface area contributed by atoms with Gasteiger partial charge in [-0.3, -0.25) is 14.5 Å². The number of fused-ring (bicyclic) bond motifs is 1. The maximum absolute atomic E-state index is 11.8. The number of likely N-dealkylation sites (tertiary alicyclic amines) is 1. The average molecular weight is 364 g/mol.